The second-order valence-corrected chi connectivity index (χ2v) is 8.29. The van der Waals surface area contributed by atoms with Gasteiger partial charge in [-0.05, 0) is 36.6 Å². The molecule has 1 aliphatic rings. The minimum Gasteiger partial charge on any atom is -0.330 e. The van der Waals surface area contributed by atoms with Crippen molar-refractivity contribution >= 4 is 33.0 Å². The van der Waals surface area contributed by atoms with E-state index in [1.54, 1.807) is 17.8 Å². The second-order valence-electron chi connectivity index (χ2n) is 5.48. The van der Waals surface area contributed by atoms with Crippen LogP contribution < -0.4 is 4.90 Å². The van der Waals surface area contributed by atoms with Gasteiger partial charge in [0.15, 0.2) is 9.84 Å². The molecule has 0 aliphatic carbocycles. The topological polar surface area (TPSA) is 37.4 Å². The van der Waals surface area contributed by atoms with Gasteiger partial charge in [0.05, 0.1) is 11.6 Å². The number of hydrogen-bond donors (Lipinski definition) is 0. The van der Waals surface area contributed by atoms with E-state index in [4.69, 9.17) is 0 Å². The number of halogens is 1. The Morgan fingerprint density at radius 2 is 1.83 bits per heavy atom. The van der Waals surface area contributed by atoms with Gasteiger partial charge in [-0.25, -0.2) is 12.8 Å². The molecule has 2 aromatic carbocycles. The smallest absolute Gasteiger partial charge is 0.178 e. The zero-order chi connectivity index (χ0) is 16.6. The molecule has 2 aromatic rings. The lowest BCUT2D eigenvalue weighted by Gasteiger charge is -2.22. The van der Waals surface area contributed by atoms with Crippen LogP contribution in [0.3, 0.4) is 0 Å². The summed E-state index contributed by atoms with van der Waals surface area (Å²) in [6.45, 7) is 2.03. The van der Waals surface area contributed by atoms with Crippen LogP contribution in [-0.2, 0) is 9.84 Å². The molecule has 0 unspecified atom stereocenters. The van der Waals surface area contributed by atoms with E-state index < -0.39 is 15.7 Å². The molecule has 3 rings (SSSR count). The zero-order valence-electron chi connectivity index (χ0n) is 12.8. The number of benzene rings is 2. The van der Waals surface area contributed by atoms with Crippen LogP contribution in [0, 0.1) is 12.7 Å². The van der Waals surface area contributed by atoms with Gasteiger partial charge in [0.1, 0.15) is 10.7 Å². The van der Waals surface area contributed by atoms with Gasteiger partial charge in [-0.1, -0.05) is 23.8 Å². The Kier molecular flexibility index (Phi) is 4.21. The van der Waals surface area contributed by atoms with E-state index in [0.29, 0.717) is 5.56 Å². The number of hydrogen-bond acceptors (Lipinski definition) is 4. The quantitative estimate of drug-likeness (QED) is 0.838. The number of rotatable bonds is 3. The van der Waals surface area contributed by atoms with E-state index in [0.717, 1.165) is 23.5 Å². The fourth-order valence-corrected chi connectivity index (χ4v) is 4.11. The normalized spacial score (nSPS) is 14.9. The van der Waals surface area contributed by atoms with Gasteiger partial charge in [-0.3, -0.25) is 0 Å². The van der Waals surface area contributed by atoms with Crippen molar-refractivity contribution in [3.8, 4) is 0 Å². The second kappa shape index (κ2) is 6.02. The van der Waals surface area contributed by atoms with Crippen molar-refractivity contribution < 1.29 is 12.8 Å². The highest BCUT2D eigenvalue weighted by molar-refractivity contribution is 8.02. The highest BCUT2D eigenvalue weighted by Crippen LogP contribution is 2.36. The van der Waals surface area contributed by atoms with Gasteiger partial charge in [0.25, 0.3) is 0 Å². The summed E-state index contributed by atoms with van der Waals surface area (Å²) in [7, 11) is -3.56. The molecule has 0 spiro atoms. The zero-order valence-corrected chi connectivity index (χ0v) is 14.4. The molecule has 0 amide bonds. The van der Waals surface area contributed by atoms with Gasteiger partial charge in [-0.2, -0.15) is 0 Å². The van der Waals surface area contributed by atoms with Crippen LogP contribution in [0.2, 0.25) is 0 Å². The minimum atomic E-state index is -3.56. The lowest BCUT2D eigenvalue weighted by atomic mass is 10.1. The molecule has 3 nitrogen and oxygen atoms in total. The van der Waals surface area contributed by atoms with Gasteiger partial charge >= 0.3 is 0 Å². The first kappa shape index (κ1) is 16.1. The molecule has 0 saturated carbocycles. The molecule has 0 radical (unpaired) electrons. The molecule has 23 heavy (non-hydrogen) atoms. The Bertz CT molecular complexity index is 874. The number of thioether (sulfide) groups is 1. The van der Waals surface area contributed by atoms with Gasteiger partial charge < -0.3 is 4.90 Å². The molecule has 6 heteroatoms. The molecule has 0 bridgehead atoms. The molecule has 120 valence electrons. The molecule has 1 aliphatic heterocycles. The van der Waals surface area contributed by atoms with Crippen molar-refractivity contribution in [3.05, 3.63) is 64.8 Å². The van der Waals surface area contributed by atoms with Crippen molar-refractivity contribution in [2.24, 2.45) is 0 Å². The third-order valence-corrected chi connectivity index (χ3v) is 5.59. The predicted octanol–water partition coefficient (Wildman–Crippen LogP) is 4.05. The van der Waals surface area contributed by atoms with E-state index in [9.17, 15) is 12.8 Å². The van der Waals surface area contributed by atoms with E-state index in [2.05, 4.69) is 4.90 Å². The lowest BCUT2D eigenvalue weighted by molar-refractivity contribution is 0.570. The Morgan fingerprint density at radius 1 is 1.13 bits per heavy atom. The molecule has 1 heterocycles. The fourth-order valence-electron chi connectivity index (χ4n) is 2.45. The molecule has 0 aromatic heterocycles. The first-order chi connectivity index (χ1) is 10.9. The van der Waals surface area contributed by atoms with Crippen LogP contribution in [0.1, 0.15) is 11.1 Å². The Balaban J connectivity index is 1.97. The fraction of sp³-hybridized carbons (Fsp3) is 0.176. The SMILES string of the molecule is Cc1ccc(N2CSC=C2c2ccc(S(C)(=O)=O)c(F)c2)cc1. The number of sulfone groups is 1. The van der Waals surface area contributed by atoms with Crippen LogP contribution in [0.15, 0.2) is 52.8 Å². The summed E-state index contributed by atoms with van der Waals surface area (Å²) in [5, 5.41) is 1.97. The number of aryl methyl sites for hydroxylation is 1. The minimum absolute atomic E-state index is 0.269. The van der Waals surface area contributed by atoms with Crippen molar-refractivity contribution in [1.29, 1.82) is 0 Å². The Labute approximate surface area is 139 Å². The van der Waals surface area contributed by atoms with Crippen LogP contribution >= 0.6 is 11.8 Å². The maximum absolute atomic E-state index is 14.2. The van der Waals surface area contributed by atoms with Crippen molar-refractivity contribution in [1.82, 2.24) is 0 Å². The summed E-state index contributed by atoms with van der Waals surface area (Å²) in [6.07, 6.45) is 1.01. The lowest BCUT2D eigenvalue weighted by Crippen LogP contribution is -2.17. The van der Waals surface area contributed by atoms with Crippen LogP contribution in [-0.4, -0.2) is 20.6 Å². The van der Waals surface area contributed by atoms with E-state index in [1.807, 2.05) is 36.6 Å². The highest BCUT2D eigenvalue weighted by atomic mass is 32.2. The molecule has 0 atom stereocenters. The summed E-state index contributed by atoms with van der Waals surface area (Å²) >= 11 is 1.62. The summed E-state index contributed by atoms with van der Waals surface area (Å²) < 4.78 is 37.2. The number of nitrogens with zero attached hydrogens (tertiary/aromatic N) is 1. The summed E-state index contributed by atoms with van der Waals surface area (Å²) in [5.41, 5.74) is 3.74. The van der Waals surface area contributed by atoms with Crippen LogP contribution in [0.25, 0.3) is 5.70 Å². The first-order valence-corrected chi connectivity index (χ1v) is 9.96. The average molecular weight is 349 g/mol. The van der Waals surface area contributed by atoms with E-state index in [1.165, 1.54) is 17.7 Å². The average Bonchev–Trinajstić information content (AvgIpc) is 2.96. The molecule has 0 fully saturated rings. The van der Waals surface area contributed by atoms with Gasteiger partial charge in [0, 0.05) is 17.5 Å². The maximum Gasteiger partial charge on any atom is 0.178 e. The maximum atomic E-state index is 14.2. The van der Waals surface area contributed by atoms with Gasteiger partial charge in [0.2, 0.25) is 0 Å². The van der Waals surface area contributed by atoms with Crippen LogP contribution in [0.4, 0.5) is 10.1 Å². The molecular weight excluding hydrogens is 333 g/mol. The largest absolute Gasteiger partial charge is 0.330 e. The molecule has 0 N–H and O–H groups in total. The van der Waals surface area contributed by atoms with E-state index in [-0.39, 0.29) is 4.90 Å². The molecular formula is C17H16FNO2S2. The summed E-state index contributed by atoms with van der Waals surface area (Å²) in [5.74, 6) is 0.0278. The standard InChI is InChI=1S/C17H16FNO2S2/c1-12-3-6-14(7-4-12)19-11-22-10-16(19)13-5-8-17(15(18)9-13)23(2,20)21/h3-10H,11H2,1-2H3. The summed E-state index contributed by atoms with van der Waals surface area (Å²) in [6, 6.07) is 12.4. The van der Waals surface area contributed by atoms with E-state index >= 15 is 0 Å². The Morgan fingerprint density at radius 3 is 2.43 bits per heavy atom. The Hall–Kier alpha value is -1.79. The summed E-state index contributed by atoms with van der Waals surface area (Å²) in [4.78, 5) is 1.81. The van der Waals surface area contributed by atoms with Crippen molar-refractivity contribution in [3.63, 3.8) is 0 Å². The van der Waals surface area contributed by atoms with Crippen LogP contribution in [0.5, 0.6) is 0 Å². The van der Waals surface area contributed by atoms with Crippen molar-refractivity contribution in [2.45, 2.75) is 11.8 Å². The highest BCUT2D eigenvalue weighted by Gasteiger charge is 2.21. The molecule has 0 saturated heterocycles. The third kappa shape index (κ3) is 3.28. The first-order valence-electron chi connectivity index (χ1n) is 7.02. The monoisotopic (exact) mass is 349 g/mol. The number of anilines is 1. The third-order valence-electron chi connectivity index (χ3n) is 3.66. The van der Waals surface area contributed by atoms with Gasteiger partial charge in [-0.15, -0.1) is 11.8 Å². The van der Waals surface area contributed by atoms with Crippen molar-refractivity contribution in [2.75, 3.05) is 17.0 Å². The predicted molar refractivity (Wildman–Crippen MR) is 93.6 cm³/mol.